The third-order valence-electron chi connectivity index (χ3n) is 4.86. The zero-order chi connectivity index (χ0) is 23.6. The first-order valence-corrected chi connectivity index (χ1v) is 11.1. The second kappa shape index (κ2) is 12.2. The van der Waals surface area contributed by atoms with E-state index >= 15 is 0 Å². The zero-order valence-corrected chi connectivity index (χ0v) is 19.2. The van der Waals surface area contributed by atoms with Gasteiger partial charge in [-0.2, -0.15) is 0 Å². The van der Waals surface area contributed by atoms with Crippen LogP contribution >= 0.6 is 23.2 Å². The van der Waals surface area contributed by atoms with Crippen LogP contribution in [0.1, 0.15) is 21.5 Å². The van der Waals surface area contributed by atoms with Crippen LogP contribution < -0.4 is 16.0 Å². The number of pyridine rings is 1. The van der Waals surface area contributed by atoms with Gasteiger partial charge < -0.3 is 21.1 Å². The lowest BCUT2D eigenvalue weighted by Gasteiger charge is -2.16. The maximum absolute atomic E-state index is 12.5. The number of halogens is 2. The monoisotopic (exact) mass is 486 g/mol. The second-order valence-corrected chi connectivity index (χ2v) is 8.11. The van der Waals surface area contributed by atoms with Crippen molar-refractivity contribution in [1.29, 1.82) is 0 Å². The quantitative estimate of drug-likeness (QED) is 0.305. The number of nitrogens with one attached hydrogen (secondary N) is 3. The fraction of sp³-hybridized carbons (Fsp3) is 0.208. The number of aromatic nitrogens is 1. The van der Waals surface area contributed by atoms with Crippen molar-refractivity contribution in [3.8, 4) is 0 Å². The molecule has 1 aromatic heterocycles. The SMILES string of the molecule is O=C(NC(Cc1ccc(CNCCNc2ccccn2)cc1)C(=O)O)c1c(Cl)cccc1Cl. The summed E-state index contributed by atoms with van der Waals surface area (Å²) >= 11 is 12.1. The molecular formula is C24H24Cl2N4O3. The maximum atomic E-state index is 12.5. The van der Waals surface area contributed by atoms with Gasteiger partial charge in [0.05, 0.1) is 15.6 Å². The number of carboxylic acids is 1. The summed E-state index contributed by atoms with van der Waals surface area (Å²) in [5, 5.41) is 19.0. The molecule has 1 amide bonds. The molecule has 0 spiro atoms. The summed E-state index contributed by atoms with van der Waals surface area (Å²) in [7, 11) is 0. The first-order valence-electron chi connectivity index (χ1n) is 10.3. The van der Waals surface area contributed by atoms with Crippen molar-refractivity contribution in [3.63, 3.8) is 0 Å². The molecule has 0 bridgehead atoms. The highest BCUT2D eigenvalue weighted by atomic mass is 35.5. The second-order valence-electron chi connectivity index (χ2n) is 7.30. The van der Waals surface area contributed by atoms with Gasteiger partial charge >= 0.3 is 5.97 Å². The van der Waals surface area contributed by atoms with Gasteiger partial charge in [-0.3, -0.25) is 4.79 Å². The summed E-state index contributed by atoms with van der Waals surface area (Å²) in [6.45, 7) is 2.18. The standard InChI is InChI=1S/C24H24Cl2N4O3/c25-18-4-3-5-19(26)22(18)23(31)30-20(24(32)33)14-16-7-9-17(10-8-16)15-27-12-13-29-21-6-1-2-11-28-21/h1-11,20,27H,12-15H2,(H,28,29)(H,30,31)(H,32,33). The fourth-order valence-corrected chi connectivity index (χ4v) is 3.72. The number of nitrogens with zero attached hydrogens (tertiary/aromatic N) is 1. The molecule has 33 heavy (non-hydrogen) atoms. The molecule has 2 aromatic carbocycles. The van der Waals surface area contributed by atoms with Gasteiger partial charge in [0.1, 0.15) is 11.9 Å². The lowest BCUT2D eigenvalue weighted by Crippen LogP contribution is -2.42. The van der Waals surface area contributed by atoms with Gasteiger partial charge in [-0.15, -0.1) is 0 Å². The first-order chi connectivity index (χ1) is 15.9. The van der Waals surface area contributed by atoms with Crippen molar-refractivity contribution >= 4 is 40.9 Å². The van der Waals surface area contributed by atoms with Crippen molar-refractivity contribution in [2.45, 2.75) is 19.0 Å². The van der Waals surface area contributed by atoms with Gasteiger partial charge in [0, 0.05) is 32.3 Å². The Kier molecular flexibility index (Phi) is 9.06. The number of hydrogen-bond acceptors (Lipinski definition) is 5. The van der Waals surface area contributed by atoms with Crippen molar-refractivity contribution in [3.05, 3.63) is 93.6 Å². The minimum atomic E-state index is -1.14. The van der Waals surface area contributed by atoms with Crippen LogP contribution in [0.2, 0.25) is 10.0 Å². The highest BCUT2D eigenvalue weighted by Gasteiger charge is 2.23. The van der Waals surface area contributed by atoms with E-state index in [2.05, 4.69) is 20.9 Å². The summed E-state index contributed by atoms with van der Waals surface area (Å²) < 4.78 is 0. The number of anilines is 1. The highest BCUT2D eigenvalue weighted by Crippen LogP contribution is 2.24. The lowest BCUT2D eigenvalue weighted by atomic mass is 10.0. The van der Waals surface area contributed by atoms with Crippen LogP contribution in [0.3, 0.4) is 0 Å². The van der Waals surface area contributed by atoms with Crippen LogP contribution in [0, 0.1) is 0 Å². The number of carbonyl (C=O) groups is 2. The number of rotatable bonds is 11. The zero-order valence-electron chi connectivity index (χ0n) is 17.7. The molecule has 0 fully saturated rings. The van der Waals surface area contributed by atoms with Gasteiger partial charge in [0.2, 0.25) is 0 Å². The Labute approximate surface area is 202 Å². The summed E-state index contributed by atoms with van der Waals surface area (Å²) in [4.78, 5) is 28.5. The van der Waals surface area contributed by atoms with E-state index in [0.717, 1.165) is 30.0 Å². The predicted molar refractivity (Wildman–Crippen MR) is 130 cm³/mol. The van der Waals surface area contributed by atoms with E-state index in [1.54, 1.807) is 12.3 Å². The van der Waals surface area contributed by atoms with E-state index in [1.165, 1.54) is 12.1 Å². The number of benzene rings is 2. The predicted octanol–water partition coefficient (Wildman–Crippen LogP) is 4.02. The largest absolute Gasteiger partial charge is 0.480 e. The molecule has 7 nitrogen and oxygen atoms in total. The van der Waals surface area contributed by atoms with Crippen molar-refractivity contribution in [2.24, 2.45) is 0 Å². The minimum Gasteiger partial charge on any atom is -0.480 e. The molecular weight excluding hydrogens is 463 g/mol. The first kappa shape index (κ1) is 24.5. The maximum Gasteiger partial charge on any atom is 0.326 e. The molecule has 0 saturated heterocycles. The molecule has 3 rings (SSSR count). The van der Waals surface area contributed by atoms with Gasteiger partial charge in [-0.25, -0.2) is 9.78 Å². The summed E-state index contributed by atoms with van der Waals surface area (Å²) in [6.07, 6.45) is 1.87. The third kappa shape index (κ3) is 7.46. The number of carbonyl (C=O) groups excluding carboxylic acids is 1. The molecule has 1 atom stereocenters. The molecule has 0 aliphatic rings. The number of amides is 1. The highest BCUT2D eigenvalue weighted by molar-refractivity contribution is 6.39. The Balaban J connectivity index is 1.49. The molecule has 0 radical (unpaired) electrons. The fourth-order valence-electron chi connectivity index (χ4n) is 3.15. The van der Waals surface area contributed by atoms with E-state index in [-0.39, 0.29) is 22.0 Å². The molecule has 0 saturated carbocycles. The Morgan fingerprint density at radius 1 is 0.909 bits per heavy atom. The van der Waals surface area contributed by atoms with E-state index in [1.807, 2.05) is 42.5 Å². The van der Waals surface area contributed by atoms with Crippen LogP contribution in [0.15, 0.2) is 66.9 Å². The van der Waals surface area contributed by atoms with E-state index in [4.69, 9.17) is 23.2 Å². The molecule has 172 valence electrons. The Hall–Kier alpha value is -3.13. The molecule has 9 heteroatoms. The number of hydrogen-bond donors (Lipinski definition) is 4. The molecule has 4 N–H and O–H groups in total. The molecule has 3 aromatic rings. The van der Waals surface area contributed by atoms with E-state index in [0.29, 0.717) is 6.54 Å². The Morgan fingerprint density at radius 2 is 1.61 bits per heavy atom. The molecule has 1 heterocycles. The van der Waals surface area contributed by atoms with Crippen LogP contribution in [0.5, 0.6) is 0 Å². The Morgan fingerprint density at radius 3 is 2.24 bits per heavy atom. The molecule has 0 aliphatic carbocycles. The van der Waals surface area contributed by atoms with E-state index < -0.39 is 17.9 Å². The Bertz CT molecular complexity index is 1060. The molecule has 0 aliphatic heterocycles. The topological polar surface area (TPSA) is 103 Å². The van der Waals surface area contributed by atoms with Crippen LogP contribution in [-0.4, -0.2) is 41.1 Å². The number of aliphatic carboxylic acids is 1. The summed E-state index contributed by atoms with van der Waals surface area (Å²) in [5.74, 6) is -0.934. The van der Waals surface area contributed by atoms with Crippen molar-refractivity contribution < 1.29 is 14.7 Å². The van der Waals surface area contributed by atoms with Crippen molar-refractivity contribution in [2.75, 3.05) is 18.4 Å². The normalized spacial score (nSPS) is 11.6. The number of carboxylic acid groups (broad SMARTS) is 1. The third-order valence-corrected chi connectivity index (χ3v) is 5.49. The lowest BCUT2D eigenvalue weighted by molar-refractivity contribution is -0.139. The van der Waals surface area contributed by atoms with Gasteiger partial charge in [0.25, 0.3) is 5.91 Å². The van der Waals surface area contributed by atoms with Gasteiger partial charge in [-0.1, -0.05) is 59.6 Å². The minimum absolute atomic E-state index is 0.0611. The van der Waals surface area contributed by atoms with Gasteiger partial charge in [0.15, 0.2) is 0 Å². The smallest absolute Gasteiger partial charge is 0.326 e. The van der Waals surface area contributed by atoms with Crippen LogP contribution in [-0.2, 0) is 17.8 Å². The molecule has 1 unspecified atom stereocenters. The summed E-state index contributed by atoms with van der Waals surface area (Å²) in [6, 6.07) is 16.8. The average molecular weight is 487 g/mol. The van der Waals surface area contributed by atoms with Crippen LogP contribution in [0.25, 0.3) is 0 Å². The van der Waals surface area contributed by atoms with Gasteiger partial charge in [-0.05, 0) is 35.4 Å². The van der Waals surface area contributed by atoms with E-state index in [9.17, 15) is 14.7 Å². The van der Waals surface area contributed by atoms with Crippen LogP contribution in [0.4, 0.5) is 5.82 Å². The van der Waals surface area contributed by atoms with Crippen molar-refractivity contribution in [1.82, 2.24) is 15.6 Å². The summed E-state index contributed by atoms with van der Waals surface area (Å²) in [5.41, 5.74) is 1.91. The average Bonchev–Trinajstić information content (AvgIpc) is 2.80.